The predicted molar refractivity (Wildman–Crippen MR) is 123 cm³/mol. The number of urea groups is 1. The Morgan fingerprint density at radius 2 is 1.94 bits per heavy atom. The number of aryl methyl sites for hydroxylation is 2. The highest BCUT2D eigenvalue weighted by Gasteiger charge is 2.37. The Bertz CT molecular complexity index is 1170. The predicted octanol–water partition coefficient (Wildman–Crippen LogP) is 2.92. The zero-order valence-electron chi connectivity index (χ0n) is 19.7. The van der Waals surface area contributed by atoms with Gasteiger partial charge in [0.1, 0.15) is 24.1 Å². The summed E-state index contributed by atoms with van der Waals surface area (Å²) in [7, 11) is 0. The molecule has 10 heteroatoms. The van der Waals surface area contributed by atoms with Crippen LogP contribution in [0, 0.1) is 12.3 Å². The van der Waals surface area contributed by atoms with Crippen LogP contribution in [0.15, 0.2) is 18.7 Å². The molecule has 0 saturated carbocycles. The van der Waals surface area contributed by atoms with Crippen LogP contribution in [-0.4, -0.2) is 77.6 Å². The minimum absolute atomic E-state index is 0.108. The van der Waals surface area contributed by atoms with E-state index < -0.39 is 0 Å². The van der Waals surface area contributed by atoms with Gasteiger partial charge in [-0.05, 0) is 25.7 Å². The van der Waals surface area contributed by atoms with Gasteiger partial charge in [0.05, 0.1) is 12.1 Å². The highest BCUT2D eigenvalue weighted by Crippen LogP contribution is 2.31. The second kappa shape index (κ2) is 8.24. The van der Waals surface area contributed by atoms with E-state index in [1.165, 1.54) is 6.33 Å². The molecule has 2 aliphatic rings. The largest absolute Gasteiger partial charge is 0.471 e. The maximum absolute atomic E-state index is 13.0. The van der Waals surface area contributed by atoms with E-state index in [1.807, 2.05) is 28.2 Å². The molecule has 5 rings (SSSR count). The van der Waals surface area contributed by atoms with E-state index in [1.54, 1.807) is 12.4 Å². The van der Waals surface area contributed by atoms with Crippen molar-refractivity contribution in [3.8, 4) is 17.3 Å². The van der Waals surface area contributed by atoms with Gasteiger partial charge in [-0.25, -0.2) is 24.7 Å². The molecule has 2 amide bonds. The SMILES string of the molecule is CCn1c(-c2cnc(C)nc2)nc2c(O[C@H]3CCN(C(=O)N4CCC(C)(C)C4)C3)ncnc21. The molecule has 0 unspecified atom stereocenters. The van der Waals surface area contributed by atoms with Crippen LogP contribution < -0.4 is 4.74 Å². The summed E-state index contributed by atoms with van der Waals surface area (Å²) in [5.41, 5.74) is 2.33. The van der Waals surface area contributed by atoms with Crippen molar-refractivity contribution in [2.45, 2.75) is 53.2 Å². The first kappa shape index (κ1) is 21.5. The zero-order valence-corrected chi connectivity index (χ0v) is 19.7. The van der Waals surface area contributed by atoms with Gasteiger partial charge in [0.15, 0.2) is 11.2 Å². The summed E-state index contributed by atoms with van der Waals surface area (Å²) in [6.45, 7) is 11.9. The first-order chi connectivity index (χ1) is 15.8. The topological polar surface area (TPSA) is 102 Å². The Kier molecular flexibility index (Phi) is 5.38. The highest BCUT2D eigenvalue weighted by atomic mass is 16.5. The summed E-state index contributed by atoms with van der Waals surface area (Å²) in [4.78, 5) is 39.1. The van der Waals surface area contributed by atoms with E-state index in [-0.39, 0.29) is 17.6 Å². The van der Waals surface area contributed by atoms with E-state index >= 15 is 0 Å². The van der Waals surface area contributed by atoms with Crippen molar-refractivity contribution in [2.75, 3.05) is 26.2 Å². The van der Waals surface area contributed by atoms with Crippen LogP contribution in [-0.2, 0) is 6.54 Å². The third-order valence-electron chi connectivity index (χ3n) is 6.50. The van der Waals surface area contributed by atoms with Crippen LogP contribution in [0.3, 0.4) is 0 Å². The Morgan fingerprint density at radius 3 is 2.64 bits per heavy atom. The number of ether oxygens (including phenoxy) is 1. The van der Waals surface area contributed by atoms with Crippen molar-refractivity contribution < 1.29 is 9.53 Å². The number of amides is 2. The first-order valence-corrected chi connectivity index (χ1v) is 11.6. The highest BCUT2D eigenvalue weighted by molar-refractivity contribution is 5.81. The van der Waals surface area contributed by atoms with E-state index in [0.717, 1.165) is 37.3 Å². The number of carbonyl (C=O) groups excluding carboxylic acids is 1. The smallest absolute Gasteiger partial charge is 0.320 e. The Morgan fingerprint density at radius 1 is 1.15 bits per heavy atom. The molecule has 0 spiro atoms. The molecule has 0 aliphatic carbocycles. The molecule has 0 radical (unpaired) electrons. The average molecular weight is 451 g/mol. The van der Waals surface area contributed by atoms with Crippen molar-refractivity contribution in [3.63, 3.8) is 0 Å². The van der Waals surface area contributed by atoms with Gasteiger partial charge in [0.25, 0.3) is 0 Å². The molecule has 0 bridgehead atoms. The van der Waals surface area contributed by atoms with Crippen LogP contribution in [0.5, 0.6) is 5.88 Å². The zero-order chi connectivity index (χ0) is 23.2. The van der Waals surface area contributed by atoms with Gasteiger partial charge in [0.2, 0.25) is 5.88 Å². The summed E-state index contributed by atoms with van der Waals surface area (Å²) in [6.07, 6.45) is 6.72. The second-order valence-electron chi connectivity index (χ2n) is 9.64. The summed E-state index contributed by atoms with van der Waals surface area (Å²) in [5.74, 6) is 1.89. The molecule has 2 fully saturated rings. The molecule has 3 aromatic heterocycles. The Hall–Kier alpha value is -3.30. The number of hydrogen-bond donors (Lipinski definition) is 0. The van der Waals surface area contributed by atoms with Crippen molar-refractivity contribution in [1.82, 2.24) is 39.3 Å². The molecule has 5 heterocycles. The van der Waals surface area contributed by atoms with Crippen LogP contribution in [0.4, 0.5) is 4.79 Å². The number of nitrogens with zero attached hydrogens (tertiary/aromatic N) is 8. The summed E-state index contributed by atoms with van der Waals surface area (Å²) in [5, 5.41) is 0. The Balaban J connectivity index is 1.35. The lowest BCUT2D eigenvalue weighted by Crippen LogP contribution is -2.42. The molecular weight excluding hydrogens is 420 g/mol. The van der Waals surface area contributed by atoms with Crippen LogP contribution in [0.25, 0.3) is 22.6 Å². The molecule has 3 aromatic rings. The summed E-state index contributed by atoms with van der Waals surface area (Å²) < 4.78 is 8.28. The molecule has 1 atom stereocenters. The van der Waals surface area contributed by atoms with Crippen LogP contribution in [0.1, 0.15) is 39.4 Å². The van der Waals surface area contributed by atoms with Crippen LogP contribution in [0.2, 0.25) is 0 Å². The quantitative estimate of drug-likeness (QED) is 0.602. The second-order valence-corrected chi connectivity index (χ2v) is 9.64. The van der Waals surface area contributed by atoms with Crippen molar-refractivity contribution in [1.29, 1.82) is 0 Å². The van der Waals surface area contributed by atoms with Gasteiger partial charge in [-0.1, -0.05) is 13.8 Å². The van der Waals surface area contributed by atoms with Gasteiger partial charge >= 0.3 is 6.03 Å². The summed E-state index contributed by atoms with van der Waals surface area (Å²) >= 11 is 0. The van der Waals surface area contributed by atoms with Gasteiger partial charge < -0.3 is 19.1 Å². The van der Waals surface area contributed by atoms with Crippen LogP contribution >= 0.6 is 0 Å². The molecule has 2 saturated heterocycles. The number of likely N-dealkylation sites (tertiary alicyclic amines) is 2. The molecule has 10 nitrogen and oxygen atoms in total. The maximum atomic E-state index is 13.0. The van der Waals surface area contributed by atoms with Gasteiger partial charge in [-0.15, -0.1) is 0 Å². The van der Waals surface area contributed by atoms with Crippen molar-refractivity contribution in [3.05, 3.63) is 24.5 Å². The first-order valence-electron chi connectivity index (χ1n) is 11.6. The third-order valence-corrected chi connectivity index (χ3v) is 6.50. The fourth-order valence-electron chi connectivity index (χ4n) is 4.66. The number of fused-ring (bicyclic) bond motifs is 1. The van der Waals surface area contributed by atoms with Gasteiger partial charge in [-0.3, -0.25) is 0 Å². The Labute approximate surface area is 193 Å². The average Bonchev–Trinajstić information content (AvgIpc) is 3.50. The van der Waals surface area contributed by atoms with E-state index in [4.69, 9.17) is 9.72 Å². The monoisotopic (exact) mass is 450 g/mol. The molecule has 2 aliphatic heterocycles. The number of imidazole rings is 1. The molecular formula is C23H30N8O2. The third kappa shape index (κ3) is 4.09. The minimum Gasteiger partial charge on any atom is -0.471 e. The fourth-order valence-corrected chi connectivity index (χ4v) is 4.66. The van der Waals surface area contributed by atoms with E-state index in [9.17, 15) is 4.79 Å². The van der Waals surface area contributed by atoms with Crippen molar-refractivity contribution in [2.24, 2.45) is 5.41 Å². The lowest BCUT2D eigenvalue weighted by atomic mass is 9.93. The van der Waals surface area contributed by atoms with Gasteiger partial charge in [-0.2, -0.15) is 4.98 Å². The molecule has 0 aromatic carbocycles. The van der Waals surface area contributed by atoms with Gasteiger partial charge in [0, 0.05) is 45.0 Å². The lowest BCUT2D eigenvalue weighted by Gasteiger charge is -2.25. The maximum Gasteiger partial charge on any atom is 0.320 e. The van der Waals surface area contributed by atoms with Crippen molar-refractivity contribution >= 4 is 17.2 Å². The number of rotatable bonds is 4. The molecule has 174 valence electrons. The number of aromatic nitrogens is 6. The number of hydrogen-bond acceptors (Lipinski definition) is 7. The standard InChI is InChI=1S/C23H30N8O2/c1-5-31-19(16-10-24-15(2)25-11-16)28-18-20(31)26-14-27-21(18)33-17-6-8-29(12-17)22(32)30-9-7-23(3,4)13-30/h10-11,14,17H,5-9,12-13H2,1-4H3/t17-/m0/s1. The molecule has 33 heavy (non-hydrogen) atoms. The van der Waals surface area contributed by atoms with E-state index in [0.29, 0.717) is 42.5 Å². The van der Waals surface area contributed by atoms with E-state index in [2.05, 4.69) is 33.8 Å². The lowest BCUT2D eigenvalue weighted by molar-refractivity contribution is 0.156. The number of carbonyl (C=O) groups is 1. The summed E-state index contributed by atoms with van der Waals surface area (Å²) in [6, 6.07) is 0.108. The fraction of sp³-hybridized carbons (Fsp3) is 0.565. The minimum atomic E-state index is -0.124. The molecule has 0 N–H and O–H groups in total. The normalized spacial score (nSPS) is 20.1.